The molecule has 0 aromatic carbocycles. The number of urea groups is 1. The number of amidine groups is 1. The van der Waals surface area contributed by atoms with Crippen LogP contribution in [0.25, 0.3) is 0 Å². The zero-order chi connectivity index (χ0) is 17.3. The average Bonchev–Trinajstić information content (AvgIpc) is 3.08. The summed E-state index contributed by atoms with van der Waals surface area (Å²) < 4.78 is 6.53. The first-order valence-electron chi connectivity index (χ1n) is 8.06. The van der Waals surface area contributed by atoms with Crippen molar-refractivity contribution in [1.29, 1.82) is 0 Å². The number of ether oxygens (including phenoxy) is 1. The fourth-order valence-corrected chi connectivity index (χ4v) is 3.35. The second-order valence-electron chi connectivity index (χ2n) is 6.16. The first-order chi connectivity index (χ1) is 11.5. The molecule has 1 saturated carbocycles. The predicted octanol–water partition coefficient (Wildman–Crippen LogP) is 0.279. The largest absolute Gasteiger partial charge is 0.499 e. The Kier molecular flexibility index (Phi) is 4.46. The van der Waals surface area contributed by atoms with Crippen LogP contribution < -0.4 is 5.32 Å². The second kappa shape index (κ2) is 6.54. The lowest BCUT2D eigenvalue weighted by Gasteiger charge is -2.27. The van der Waals surface area contributed by atoms with Gasteiger partial charge in [-0.25, -0.2) is 4.79 Å². The van der Waals surface area contributed by atoms with Gasteiger partial charge in [0.15, 0.2) is 12.5 Å². The summed E-state index contributed by atoms with van der Waals surface area (Å²) in [6, 6.07) is -0.414. The van der Waals surface area contributed by atoms with E-state index in [0.29, 0.717) is 11.6 Å². The zero-order valence-corrected chi connectivity index (χ0v) is 13.8. The average molecular weight is 333 g/mol. The number of nitrogens with zero attached hydrogens (tertiary/aromatic N) is 3. The summed E-state index contributed by atoms with van der Waals surface area (Å²) in [7, 11) is 3.00. The number of carbonyl (C=O) groups is 3. The Bertz CT molecular complexity index is 674. The fraction of sp³-hybridized carbons (Fsp3) is 0.562. The quantitative estimate of drug-likeness (QED) is 0.748. The molecule has 1 atom stereocenters. The molecular weight excluding hydrogens is 312 g/mol. The van der Waals surface area contributed by atoms with Crippen molar-refractivity contribution in [2.75, 3.05) is 20.7 Å². The third-order valence-electron chi connectivity index (χ3n) is 4.62. The molecule has 0 spiro atoms. The van der Waals surface area contributed by atoms with Gasteiger partial charge >= 0.3 is 11.9 Å². The molecule has 1 unspecified atom stereocenters. The van der Waals surface area contributed by atoms with Crippen molar-refractivity contribution in [2.24, 2.45) is 10.9 Å². The molecule has 0 aromatic heterocycles. The third kappa shape index (κ3) is 2.83. The second-order valence-corrected chi connectivity index (χ2v) is 6.16. The van der Waals surface area contributed by atoms with Gasteiger partial charge in [-0.05, 0) is 12.8 Å². The minimum atomic E-state index is -0.790. The van der Waals surface area contributed by atoms with E-state index in [2.05, 4.69) is 10.3 Å². The minimum Gasteiger partial charge on any atom is -0.499 e. The highest BCUT2D eigenvalue weighted by molar-refractivity contribution is 6.16. The summed E-state index contributed by atoms with van der Waals surface area (Å²) in [6.45, 7) is -0.289. The summed E-state index contributed by atoms with van der Waals surface area (Å²) in [4.78, 5) is 42.5. The Balaban J connectivity index is 1.79. The molecule has 8 heteroatoms. The van der Waals surface area contributed by atoms with E-state index in [9.17, 15) is 14.4 Å². The number of allylic oxidation sites excluding steroid dienone is 1. The van der Waals surface area contributed by atoms with Crippen LogP contribution in [0.3, 0.4) is 0 Å². The first kappa shape index (κ1) is 16.4. The molecule has 3 rings (SSSR count). The number of nitrogens with one attached hydrogen (secondary N) is 1. The zero-order valence-electron chi connectivity index (χ0n) is 13.8. The minimum absolute atomic E-state index is 0.140. The molecule has 4 amide bonds. The third-order valence-corrected chi connectivity index (χ3v) is 4.62. The molecule has 0 aromatic rings. The molecule has 0 radical (unpaired) electrons. The molecule has 128 valence electrons. The van der Waals surface area contributed by atoms with Crippen LogP contribution in [-0.2, 0) is 14.3 Å². The molecule has 1 N–H and O–H groups in total. The van der Waals surface area contributed by atoms with Crippen LogP contribution in [0.2, 0.25) is 0 Å². The summed E-state index contributed by atoms with van der Waals surface area (Å²) in [6.07, 6.45) is 7.15. The number of dihydropyridines is 1. The van der Waals surface area contributed by atoms with E-state index < -0.39 is 17.9 Å². The molecule has 1 fully saturated rings. The van der Waals surface area contributed by atoms with Crippen LogP contribution in [0.1, 0.15) is 25.7 Å². The number of hydrogen-bond donors (Lipinski definition) is 1. The number of amides is 4. The Morgan fingerprint density at radius 3 is 2.79 bits per heavy atom. The fourth-order valence-electron chi connectivity index (χ4n) is 3.35. The van der Waals surface area contributed by atoms with Gasteiger partial charge in [0, 0.05) is 12.1 Å². The Morgan fingerprint density at radius 2 is 2.12 bits per heavy atom. The monoisotopic (exact) mass is 333 g/mol. The molecule has 2 aliphatic heterocycles. The van der Waals surface area contributed by atoms with E-state index in [4.69, 9.17) is 4.74 Å². The van der Waals surface area contributed by atoms with Crippen LogP contribution in [0.15, 0.2) is 16.8 Å². The molecule has 0 bridgehead atoms. The number of carbonyl (C=O) groups excluding carboxylic acids is 3. The SMILES string of the molecule is COC1=CC=NC2=[N+](C)C(=O)N(CC(=O)NC3CCCC3)C(=O)C12. The van der Waals surface area contributed by atoms with Crippen LogP contribution in [0.5, 0.6) is 0 Å². The number of aliphatic imine (C=N–C) groups is 1. The molecule has 3 aliphatic rings. The smallest absolute Gasteiger partial charge is 0.446 e. The maximum atomic E-state index is 12.7. The summed E-state index contributed by atoms with van der Waals surface area (Å²) in [5, 5.41) is 2.89. The van der Waals surface area contributed by atoms with Crippen LogP contribution in [0, 0.1) is 5.92 Å². The van der Waals surface area contributed by atoms with Gasteiger partial charge in [-0.1, -0.05) is 12.8 Å². The van der Waals surface area contributed by atoms with Crippen LogP contribution >= 0.6 is 0 Å². The van der Waals surface area contributed by atoms with Crippen molar-refractivity contribution >= 4 is 29.9 Å². The van der Waals surface area contributed by atoms with Crippen molar-refractivity contribution < 1.29 is 23.7 Å². The van der Waals surface area contributed by atoms with Gasteiger partial charge in [0.05, 0.1) is 14.2 Å². The van der Waals surface area contributed by atoms with E-state index in [1.54, 1.807) is 6.08 Å². The molecule has 24 heavy (non-hydrogen) atoms. The lowest BCUT2D eigenvalue weighted by Crippen LogP contribution is -2.57. The standard InChI is InChI=1S/C16H20N4O4/c1-19-14-13(11(24-2)7-8-17-14)15(22)20(16(19)23)9-12(21)18-10-5-3-4-6-10/h7-8,10,13H,3-6,9H2,1-2H3/p+1. The maximum absolute atomic E-state index is 12.7. The number of fused-ring (bicyclic) bond motifs is 1. The van der Waals surface area contributed by atoms with Crippen molar-refractivity contribution in [3.8, 4) is 0 Å². The van der Waals surface area contributed by atoms with Gasteiger partial charge in [0.1, 0.15) is 12.0 Å². The normalized spacial score (nSPS) is 24.2. The summed E-state index contributed by atoms with van der Waals surface area (Å²) >= 11 is 0. The highest BCUT2D eigenvalue weighted by Crippen LogP contribution is 2.24. The highest BCUT2D eigenvalue weighted by atomic mass is 16.5. The van der Waals surface area contributed by atoms with Gasteiger partial charge in [-0.3, -0.25) is 9.59 Å². The number of methoxy groups -OCH3 is 1. The van der Waals surface area contributed by atoms with Crippen LogP contribution in [0.4, 0.5) is 4.79 Å². The number of hydrogen-bond acceptors (Lipinski definition) is 5. The predicted molar refractivity (Wildman–Crippen MR) is 85.8 cm³/mol. The van der Waals surface area contributed by atoms with E-state index in [-0.39, 0.29) is 18.5 Å². The Morgan fingerprint density at radius 1 is 1.42 bits per heavy atom. The molecule has 8 nitrogen and oxygen atoms in total. The highest BCUT2D eigenvalue weighted by Gasteiger charge is 2.50. The molecule has 0 saturated heterocycles. The van der Waals surface area contributed by atoms with Crippen molar-refractivity contribution in [3.05, 3.63) is 11.8 Å². The van der Waals surface area contributed by atoms with Gasteiger partial charge < -0.3 is 10.1 Å². The van der Waals surface area contributed by atoms with Gasteiger partial charge in [-0.15, -0.1) is 4.99 Å². The van der Waals surface area contributed by atoms with Gasteiger partial charge in [0.2, 0.25) is 0 Å². The molecular formula is C16H21N4O4+. The number of imide groups is 1. The molecule has 1 aliphatic carbocycles. The van der Waals surface area contributed by atoms with Crippen LogP contribution in [-0.4, -0.2) is 66.1 Å². The molecule has 2 heterocycles. The first-order valence-corrected chi connectivity index (χ1v) is 8.06. The lowest BCUT2D eigenvalue weighted by molar-refractivity contribution is -0.408. The van der Waals surface area contributed by atoms with E-state index in [0.717, 1.165) is 30.6 Å². The summed E-state index contributed by atoms with van der Waals surface area (Å²) in [5.41, 5.74) is 0. The van der Waals surface area contributed by atoms with E-state index in [1.807, 2.05) is 0 Å². The Labute approximate surface area is 139 Å². The Hall–Kier alpha value is -2.51. The van der Waals surface area contributed by atoms with Crippen molar-refractivity contribution in [2.45, 2.75) is 31.7 Å². The van der Waals surface area contributed by atoms with E-state index in [1.165, 1.54) is 24.9 Å². The van der Waals surface area contributed by atoms with E-state index >= 15 is 0 Å². The summed E-state index contributed by atoms with van der Waals surface area (Å²) in [5.74, 6) is -0.869. The topological polar surface area (TPSA) is 91.1 Å². The van der Waals surface area contributed by atoms with Crippen molar-refractivity contribution in [1.82, 2.24) is 10.2 Å². The number of rotatable bonds is 4. The van der Waals surface area contributed by atoms with Crippen molar-refractivity contribution in [3.63, 3.8) is 0 Å². The van der Waals surface area contributed by atoms with Gasteiger partial charge in [0.25, 0.3) is 11.7 Å². The lowest BCUT2D eigenvalue weighted by atomic mass is 9.99. The maximum Gasteiger partial charge on any atom is 0.446 e. The van der Waals surface area contributed by atoms with Gasteiger partial charge in [-0.2, -0.15) is 9.48 Å².